The summed E-state index contributed by atoms with van der Waals surface area (Å²) in [6.45, 7) is 6.88. The Labute approximate surface area is 167 Å². The van der Waals surface area contributed by atoms with E-state index in [0.717, 1.165) is 37.0 Å². The van der Waals surface area contributed by atoms with Gasteiger partial charge in [-0.2, -0.15) is 0 Å². The van der Waals surface area contributed by atoms with Crippen LogP contribution in [0.1, 0.15) is 74.2 Å². The molecule has 7 nitrogen and oxygen atoms in total. The molecule has 2 heterocycles. The number of rotatable bonds is 5. The minimum Gasteiger partial charge on any atom is -0.461 e. The number of esters is 2. The van der Waals surface area contributed by atoms with Gasteiger partial charge in [0, 0.05) is 0 Å². The van der Waals surface area contributed by atoms with Crippen LogP contribution < -0.4 is 5.56 Å². The number of nitrogens with zero attached hydrogens (tertiary/aromatic N) is 2. The van der Waals surface area contributed by atoms with Crippen LogP contribution in [0, 0.1) is 6.92 Å². The summed E-state index contributed by atoms with van der Waals surface area (Å²) in [5, 5.41) is 0.348. The summed E-state index contributed by atoms with van der Waals surface area (Å²) in [5.74, 6) is -0.895. The lowest BCUT2D eigenvalue weighted by atomic mass is 9.98. The highest BCUT2D eigenvalue weighted by Crippen LogP contribution is 2.28. The van der Waals surface area contributed by atoms with Gasteiger partial charge in [0.2, 0.25) is 0 Å². The van der Waals surface area contributed by atoms with Gasteiger partial charge in [-0.15, -0.1) is 11.3 Å². The van der Waals surface area contributed by atoms with Crippen molar-refractivity contribution in [1.82, 2.24) is 9.55 Å². The van der Waals surface area contributed by atoms with Crippen molar-refractivity contribution in [1.29, 1.82) is 0 Å². The lowest BCUT2D eigenvalue weighted by Gasteiger charge is -2.24. The van der Waals surface area contributed by atoms with Crippen LogP contribution in [0.5, 0.6) is 0 Å². The fraction of sp³-hybridized carbons (Fsp3) is 0.600. The summed E-state index contributed by atoms with van der Waals surface area (Å²) in [7, 11) is 0. The maximum atomic E-state index is 13.0. The fourth-order valence-corrected chi connectivity index (χ4v) is 4.46. The molecule has 0 radical (unpaired) electrons. The number of hydrogen-bond donors (Lipinski definition) is 0. The van der Waals surface area contributed by atoms with E-state index >= 15 is 0 Å². The second-order valence-electron chi connectivity index (χ2n) is 7.52. The Hall–Kier alpha value is -2.22. The molecule has 2 aromatic heterocycles. The molecule has 1 aliphatic carbocycles. The third-order valence-electron chi connectivity index (χ3n) is 5.00. The lowest BCUT2D eigenvalue weighted by Crippen LogP contribution is -2.32. The molecule has 0 N–H and O–H groups in total. The van der Waals surface area contributed by atoms with Crippen molar-refractivity contribution in [3.63, 3.8) is 0 Å². The van der Waals surface area contributed by atoms with Crippen molar-refractivity contribution < 1.29 is 19.1 Å². The second kappa shape index (κ2) is 8.43. The number of hydrogen-bond acceptors (Lipinski definition) is 7. The molecule has 1 atom stereocenters. The molecule has 8 heteroatoms. The van der Waals surface area contributed by atoms with Gasteiger partial charge in [-0.1, -0.05) is 6.42 Å². The first-order valence-electron chi connectivity index (χ1n) is 9.71. The first kappa shape index (κ1) is 20.5. The standard InChI is InChI=1S/C20H26N2O5S/c1-11(2)26-20(25)16-12(3)15-17(28-16)21-10-22(18(15)23)13(4)19(24)27-14-8-6-5-7-9-14/h10-11,13-14H,5-9H2,1-4H3. The van der Waals surface area contributed by atoms with Crippen molar-refractivity contribution in [2.75, 3.05) is 0 Å². The molecule has 0 amide bonds. The Bertz CT molecular complexity index is 940. The van der Waals surface area contributed by atoms with Gasteiger partial charge >= 0.3 is 11.9 Å². The van der Waals surface area contributed by atoms with Crippen LogP contribution in [-0.2, 0) is 14.3 Å². The van der Waals surface area contributed by atoms with Crippen LogP contribution in [-0.4, -0.2) is 33.7 Å². The minimum atomic E-state index is -0.781. The lowest BCUT2D eigenvalue weighted by molar-refractivity contribution is -0.154. The van der Waals surface area contributed by atoms with Gasteiger partial charge in [0.25, 0.3) is 5.56 Å². The van der Waals surface area contributed by atoms with Crippen molar-refractivity contribution in [3.05, 3.63) is 27.1 Å². The average molecular weight is 407 g/mol. The van der Waals surface area contributed by atoms with E-state index in [1.807, 2.05) is 0 Å². The van der Waals surface area contributed by atoms with E-state index in [-0.39, 0.29) is 17.8 Å². The predicted molar refractivity (Wildman–Crippen MR) is 107 cm³/mol. The number of fused-ring (bicyclic) bond motifs is 1. The van der Waals surface area contributed by atoms with Gasteiger partial charge in [-0.05, 0) is 58.9 Å². The molecule has 1 aliphatic rings. The van der Waals surface area contributed by atoms with Crippen LogP contribution in [0.15, 0.2) is 11.1 Å². The average Bonchev–Trinajstić information content (AvgIpc) is 2.99. The molecule has 0 aliphatic heterocycles. The third-order valence-corrected chi connectivity index (χ3v) is 6.18. The number of thiophene rings is 1. The molecule has 2 aromatic rings. The minimum absolute atomic E-state index is 0.0728. The van der Waals surface area contributed by atoms with E-state index in [9.17, 15) is 14.4 Å². The predicted octanol–water partition coefficient (Wildman–Crippen LogP) is 3.77. The molecule has 1 unspecified atom stereocenters. The number of carbonyl (C=O) groups excluding carboxylic acids is 2. The van der Waals surface area contributed by atoms with Crippen LogP contribution in [0.25, 0.3) is 10.2 Å². The van der Waals surface area contributed by atoms with Crippen molar-refractivity contribution in [3.8, 4) is 0 Å². The third kappa shape index (κ3) is 4.11. The zero-order valence-corrected chi connectivity index (χ0v) is 17.5. The number of carbonyl (C=O) groups is 2. The first-order chi connectivity index (χ1) is 13.3. The molecule has 0 saturated heterocycles. The molecule has 28 heavy (non-hydrogen) atoms. The van der Waals surface area contributed by atoms with Gasteiger partial charge in [-0.3, -0.25) is 9.36 Å². The van der Waals surface area contributed by atoms with E-state index in [1.54, 1.807) is 27.7 Å². The quantitative estimate of drug-likeness (QED) is 0.703. The number of aryl methyl sites for hydroxylation is 1. The Morgan fingerprint density at radius 3 is 2.54 bits per heavy atom. The van der Waals surface area contributed by atoms with Crippen LogP contribution in [0.2, 0.25) is 0 Å². The highest BCUT2D eigenvalue weighted by Gasteiger charge is 2.26. The summed E-state index contributed by atoms with van der Waals surface area (Å²) in [6, 6.07) is -0.781. The molecular formula is C20H26N2O5S. The SMILES string of the molecule is Cc1c(C(=O)OC(C)C)sc2ncn(C(C)C(=O)OC3CCCCC3)c(=O)c12. The van der Waals surface area contributed by atoms with Gasteiger partial charge in [0.15, 0.2) is 0 Å². The van der Waals surface area contributed by atoms with Gasteiger partial charge in [0.1, 0.15) is 21.9 Å². The van der Waals surface area contributed by atoms with Gasteiger partial charge < -0.3 is 9.47 Å². The summed E-state index contributed by atoms with van der Waals surface area (Å²) >= 11 is 1.13. The monoisotopic (exact) mass is 406 g/mol. The maximum absolute atomic E-state index is 13.0. The summed E-state index contributed by atoms with van der Waals surface area (Å²) in [5.41, 5.74) is 0.181. The molecule has 1 saturated carbocycles. The van der Waals surface area contributed by atoms with Crippen molar-refractivity contribution in [2.45, 2.75) is 78.0 Å². The molecular weight excluding hydrogens is 380 g/mol. The highest BCUT2D eigenvalue weighted by atomic mass is 32.1. The normalized spacial score (nSPS) is 16.3. The number of aromatic nitrogens is 2. The smallest absolute Gasteiger partial charge is 0.348 e. The fourth-order valence-electron chi connectivity index (χ4n) is 3.43. The molecule has 0 aromatic carbocycles. The maximum Gasteiger partial charge on any atom is 0.348 e. The Morgan fingerprint density at radius 1 is 1.21 bits per heavy atom. The van der Waals surface area contributed by atoms with Gasteiger partial charge in [0.05, 0.1) is 17.8 Å². The summed E-state index contributed by atoms with van der Waals surface area (Å²) in [6.07, 6.45) is 6.05. The van der Waals surface area contributed by atoms with E-state index in [1.165, 1.54) is 17.3 Å². The van der Waals surface area contributed by atoms with Crippen LogP contribution >= 0.6 is 11.3 Å². The zero-order valence-electron chi connectivity index (χ0n) is 16.7. The van der Waals surface area contributed by atoms with Gasteiger partial charge in [-0.25, -0.2) is 14.6 Å². The van der Waals surface area contributed by atoms with E-state index in [0.29, 0.717) is 20.7 Å². The zero-order chi connectivity index (χ0) is 20.4. The molecule has 152 valence electrons. The molecule has 3 rings (SSSR count). The molecule has 0 bridgehead atoms. The van der Waals surface area contributed by atoms with E-state index in [2.05, 4.69) is 4.98 Å². The topological polar surface area (TPSA) is 87.5 Å². The second-order valence-corrected chi connectivity index (χ2v) is 8.52. The van der Waals surface area contributed by atoms with Crippen molar-refractivity contribution >= 4 is 33.5 Å². The molecule has 0 spiro atoms. The summed E-state index contributed by atoms with van der Waals surface area (Å²) in [4.78, 5) is 43.0. The van der Waals surface area contributed by atoms with Crippen molar-refractivity contribution in [2.24, 2.45) is 0 Å². The number of ether oxygens (including phenoxy) is 2. The first-order valence-corrected chi connectivity index (χ1v) is 10.5. The Morgan fingerprint density at radius 2 is 1.89 bits per heavy atom. The van der Waals surface area contributed by atoms with Crippen LogP contribution in [0.3, 0.4) is 0 Å². The Kier molecular flexibility index (Phi) is 6.17. The van der Waals surface area contributed by atoms with E-state index in [4.69, 9.17) is 9.47 Å². The van der Waals surface area contributed by atoms with E-state index < -0.39 is 18.0 Å². The Balaban J connectivity index is 1.88. The largest absolute Gasteiger partial charge is 0.461 e. The van der Waals surface area contributed by atoms with Crippen LogP contribution in [0.4, 0.5) is 0 Å². The highest BCUT2D eigenvalue weighted by molar-refractivity contribution is 7.20. The molecule has 1 fully saturated rings. The summed E-state index contributed by atoms with van der Waals surface area (Å²) < 4.78 is 12.1.